The van der Waals surface area contributed by atoms with Crippen LogP contribution in [-0.4, -0.2) is 24.0 Å². The smallest absolute Gasteiger partial charge is 0.293 e. The Bertz CT molecular complexity index is 535. The van der Waals surface area contributed by atoms with Crippen LogP contribution in [0.5, 0.6) is 0 Å². The fourth-order valence-electron chi connectivity index (χ4n) is 2.79. The Hall–Kier alpha value is -1.95. The highest BCUT2D eigenvalue weighted by Gasteiger charge is 2.49. The maximum Gasteiger partial charge on any atom is 0.293 e. The van der Waals surface area contributed by atoms with E-state index in [9.17, 15) is 14.9 Å². The zero-order chi connectivity index (χ0) is 12.8. The molecule has 2 aliphatic rings. The second-order valence-corrected chi connectivity index (χ2v) is 4.61. The number of nitro groups is 1. The predicted molar refractivity (Wildman–Crippen MR) is 63.5 cm³/mol. The van der Waals surface area contributed by atoms with E-state index in [-0.39, 0.29) is 11.6 Å². The Balaban J connectivity index is 2.16. The lowest BCUT2D eigenvalue weighted by Gasteiger charge is -2.31. The minimum Gasteiger partial charge on any atom is -0.381 e. The van der Waals surface area contributed by atoms with Crippen molar-refractivity contribution in [2.24, 2.45) is 0 Å². The van der Waals surface area contributed by atoms with Gasteiger partial charge in [0.25, 0.3) is 5.69 Å². The van der Waals surface area contributed by atoms with Crippen molar-refractivity contribution in [3.63, 3.8) is 0 Å². The van der Waals surface area contributed by atoms with Gasteiger partial charge in [0.2, 0.25) is 5.91 Å². The van der Waals surface area contributed by atoms with Crippen LogP contribution in [-0.2, 0) is 14.9 Å². The van der Waals surface area contributed by atoms with Gasteiger partial charge in [0, 0.05) is 19.3 Å². The molecule has 3 rings (SSSR count). The van der Waals surface area contributed by atoms with Crippen LogP contribution in [0.4, 0.5) is 11.4 Å². The molecular formula is C12H12N2O4. The molecule has 94 valence electrons. The molecule has 0 bridgehead atoms. The number of hydrogen-bond donors (Lipinski definition) is 1. The summed E-state index contributed by atoms with van der Waals surface area (Å²) < 4.78 is 5.28. The quantitative estimate of drug-likeness (QED) is 0.604. The van der Waals surface area contributed by atoms with E-state index < -0.39 is 10.3 Å². The summed E-state index contributed by atoms with van der Waals surface area (Å²) in [5.41, 5.74) is 0.420. The monoisotopic (exact) mass is 248 g/mol. The van der Waals surface area contributed by atoms with Crippen LogP contribution in [0.15, 0.2) is 18.2 Å². The summed E-state index contributed by atoms with van der Waals surface area (Å²) in [6.45, 7) is 1.02. The standard InChI is InChI=1S/C12H12N2O4/c15-11-12(4-6-18-7-5-12)8-2-1-3-9(14(16)17)10(8)13-11/h1-3H,4-7H2,(H,13,15). The molecule has 6 heteroatoms. The van der Waals surface area contributed by atoms with E-state index in [2.05, 4.69) is 5.32 Å². The number of benzene rings is 1. The molecule has 1 spiro atoms. The third-order valence-corrected chi connectivity index (χ3v) is 3.77. The Kier molecular flexibility index (Phi) is 2.34. The fourth-order valence-corrected chi connectivity index (χ4v) is 2.79. The number of hydrogen-bond acceptors (Lipinski definition) is 4. The summed E-state index contributed by atoms with van der Waals surface area (Å²) >= 11 is 0. The number of rotatable bonds is 1. The highest BCUT2D eigenvalue weighted by Crippen LogP contribution is 2.47. The van der Waals surface area contributed by atoms with Crippen molar-refractivity contribution in [3.8, 4) is 0 Å². The van der Waals surface area contributed by atoms with Crippen LogP contribution in [0, 0.1) is 10.1 Å². The van der Waals surface area contributed by atoms with E-state index >= 15 is 0 Å². The van der Waals surface area contributed by atoms with Crippen molar-refractivity contribution in [3.05, 3.63) is 33.9 Å². The number of fused-ring (bicyclic) bond motifs is 2. The van der Waals surface area contributed by atoms with Crippen molar-refractivity contribution in [1.82, 2.24) is 0 Å². The molecule has 0 unspecified atom stereocenters. The lowest BCUT2D eigenvalue weighted by molar-refractivity contribution is -0.383. The van der Waals surface area contributed by atoms with Gasteiger partial charge in [0.05, 0.1) is 10.3 Å². The van der Waals surface area contributed by atoms with Gasteiger partial charge in [-0.3, -0.25) is 14.9 Å². The van der Waals surface area contributed by atoms with E-state index in [0.717, 1.165) is 5.56 Å². The Labute approximate surface area is 103 Å². The number of carbonyl (C=O) groups excluding carboxylic acids is 1. The lowest BCUT2D eigenvalue weighted by Crippen LogP contribution is -2.39. The second-order valence-electron chi connectivity index (χ2n) is 4.61. The molecule has 2 aliphatic heterocycles. The van der Waals surface area contributed by atoms with Gasteiger partial charge < -0.3 is 10.1 Å². The minimum atomic E-state index is -0.639. The Morgan fingerprint density at radius 2 is 2.06 bits per heavy atom. The van der Waals surface area contributed by atoms with Gasteiger partial charge in [-0.15, -0.1) is 0 Å². The molecule has 18 heavy (non-hydrogen) atoms. The number of nitrogens with one attached hydrogen (secondary N) is 1. The van der Waals surface area contributed by atoms with Crippen LogP contribution in [0.2, 0.25) is 0 Å². The third-order valence-electron chi connectivity index (χ3n) is 3.77. The van der Waals surface area contributed by atoms with E-state index in [4.69, 9.17) is 4.74 Å². The summed E-state index contributed by atoms with van der Waals surface area (Å²) in [6, 6.07) is 4.84. The highest BCUT2D eigenvalue weighted by molar-refractivity contribution is 6.08. The molecule has 1 fully saturated rings. The van der Waals surface area contributed by atoms with Gasteiger partial charge in [-0.25, -0.2) is 0 Å². The molecular weight excluding hydrogens is 236 g/mol. The number of para-hydroxylation sites is 1. The maximum absolute atomic E-state index is 12.2. The predicted octanol–water partition coefficient (Wildman–Crippen LogP) is 1.60. The summed E-state index contributed by atoms with van der Waals surface area (Å²) in [5, 5.41) is 13.6. The van der Waals surface area contributed by atoms with Crippen LogP contribution in [0.1, 0.15) is 18.4 Å². The normalized spacial score (nSPS) is 20.6. The van der Waals surface area contributed by atoms with Crippen LogP contribution >= 0.6 is 0 Å². The number of carbonyl (C=O) groups is 1. The first kappa shape index (κ1) is 11.2. The molecule has 1 N–H and O–H groups in total. The van der Waals surface area contributed by atoms with Gasteiger partial charge in [-0.05, 0) is 18.4 Å². The van der Waals surface area contributed by atoms with Crippen LogP contribution < -0.4 is 5.32 Å². The largest absolute Gasteiger partial charge is 0.381 e. The zero-order valence-electron chi connectivity index (χ0n) is 9.64. The molecule has 6 nitrogen and oxygen atoms in total. The number of nitrogens with zero attached hydrogens (tertiary/aromatic N) is 1. The average Bonchev–Trinajstić information content (AvgIpc) is 2.64. The Morgan fingerprint density at radius 3 is 2.72 bits per heavy atom. The molecule has 1 aromatic carbocycles. The second kappa shape index (κ2) is 3.78. The van der Waals surface area contributed by atoms with E-state index in [1.165, 1.54) is 6.07 Å². The lowest BCUT2D eigenvalue weighted by atomic mass is 9.75. The molecule has 1 amide bonds. The van der Waals surface area contributed by atoms with Gasteiger partial charge in [0.1, 0.15) is 5.69 Å². The zero-order valence-corrected chi connectivity index (χ0v) is 9.64. The van der Waals surface area contributed by atoms with Crippen molar-refractivity contribution in [1.29, 1.82) is 0 Å². The molecule has 0 aliphatic carbocycles. The number of anilines is 1. The molecule has 0 saturated carbocycles. The van der Waals surface area contributed by atoms with Crippen molar-refractivity contribution < 1.29 is 14.5 Å². The SMILES string of the molecule is O=C1Nc2c([N+](=O)[O-])cccc2C12CCOCC2. The van der Waals surface area contributed by atoms with Gasteiger partial charge in [-0.2, -0.15) is 0 Å². The number of ether oxygens (including phenoxy) is 1. The summed E-state index contributed by atoms with van der Waals surface area (Å²) in [7, 11) is 0. The Morgan fingerprint density at radius 1 is 1.33 bits per heavy atom. The van der Waals surface area contributed by atoms with Crippen molar-refractivity contribution in [2.75, 3.05) is 18.5 Å². The molecule has 1 saturated heterocycles. The molecule has 0 radical (unpaired) electrons. The maximum atomic E-state index is 12.2. The summed E-state index contributed by atoms with van der Waals surface area (Å²) in [6.07, 6.45) is 1.15. The first-order chi connectivity index (χ1) is 8.65. The third kappa shape index (κ3) is 1.35. The summed E-state index contributed by atoms with van der Waals surface area (Å²) in [4.78, 5) is 22.7. The molecule has 0 atom stereocenters. The number of amides is 1. The number of nitro benzene ring substituents is 1. The molecule has 2 heterocycles. The van der Waals surface area contributed by atoms with Gasteiger partial charge in [-0.1, -0.05) is 12.1 Å². The molecule has 0 aromatic heterocycles. The minimum absolute atomic E-state index is 0.0378. The van der Waals surface area contributed by atoms with Crippen molar-refractivity contribution >= 4 is 17.3 Å². The van der Waals surface area contributed by atoms with Crippen LogP contribution in [0.25, 0.3) is 0 Å². The van der Waals surface area contributed by atoms with Gasteiger partial charge >= 0.3 is 0 Å². The van der Waals surface area contributed by atoms with Crippen molar-refractivity contribution in [2.45, 2.75) is 18.3 Å². The first-order valence-electron chi connectivity index (χ1n) is 5.82. The van der Waals surface area contributed by atoms with E-state index in [0.29, 0.717) is 31.7 Å². The van der Waals surface area contributed by atoms with Crippen LogP contribution in [0.3, 0.4) is 0 Å². The van der Waals surface area contributed by atoms with E-state index in [1.807, 2.05) is 0 Å². The fraction of sp³-hybridized carbons (Fsp3) is 0.417. The first-order valence-corrected chi connectivity index (χ1v) is 5.82. The van der Waals surface area contributed by atoms with E-state index in [1.54, 1.807) is 12.1 Å². The topological polar surface area (TPSA) is 81.5 Å². The van der Waals surface area contributed by atoms with Gasteiger partial charge in [0.15, 0.2) is 0 Å². The molecule has 1 aromatic rings. The average molecular weight is 248 g/mol. The highest BCUT2D eigenvalue weighted by atomic mass is 16.6. The summed E-state index contributed by atoms with van der Waals surface area (Å²) in [5.74, 6) is -0.143.